The molecule has 1 unspecified atom stereocenters. The molecule has 4 heteroatoms. The minimum Gasteiger partial charge on any atom is -0.294 e. The molecule has 0 fully saturated rings. The molecule has 20 heavy (non-hydrogen) atoms. The maximum absolute atomic E-state index is 12.1. The van der Waals surface area contributed by atoms with Gasteiger partial charge in [0.15, 0.2) is 5.78 Å². The number of benzene rings is 2. The lowest BCUT2D eigenvalue weighted by atomic mass is 9.93. The van der Waals surface area contributed by atoms with Gasteiger partial charge in [0.25, 0.3) is 0 Å². The van der Waals surface area contributed by atoms with Crippen LogP contribution in [0.1, 0.15) is 28.3 Å². The lowest BCUT2D eigenvalue weighted by molar-refractivity contribution is 0.0979. The van der Waals surface area contributed by atoms with E-state index in [9.17, 15) is 10.1 Å². The van der Waals surface area contributed by atoms with Gasteiger partial charge in [-0.2, -0.15) is 5.26 Å². The van der Waals surface area contributed by atoms with Crippen LogP contribution >= 0.6 is 23.2 Å². The number of carbonyl (C=O) groups excluding carboxylic acids is 1. The van der Waals surface area contributed by atoms with Crippen molar-refractivity contribution < 1.29 is 4.79 Å². The van der Waals surface area contributed by atoms with Gasteiger partial charge >= 0.3 is 0 Å². The Hall–Kier alpha value is -1.82. The van der Waals surface area contributed by atoms with Crippen LogP contribution in [-0.2, 0) is 0 Å². The first-order chi connectivity index (χ1) is 9.60. The van der Waals surface area contributed by atoms with Gasteiger partial charge in [-0.1, -0.05) is 35.3 Å². The smallest absolute Gasteiger partial charge is 0.164 e. The van der Waals surface area contributed by atoms with Gasteiger partial charge in [-0.05, 0) is 42.0 Å². The molecule has 1 atom stereocenters. The van der Waals surface area contributed by atoms with Crippen LogP contribution < -0.4 is 0 Å². The Balaban J connectivity index is 2.14. The number of halogens is 2. The number of rotatable bonds is 4. The van der Waals surface area contributed by atoms with Gasteiger partial charge < -0.3 is 0 Å². The van der Waals surface area contributed by atoms with Crippen LogP contribution in [0, 0.1) is 11.3 Å². The summed E-state index contributed by atoms with van der Waals surface area (Å²) in [5.41, 5.74) is 1.35. The Labute approximate surface area is 127 Å². The topological polar surface area (TPSA) is 40.9 Å². The summed E-state index contributed by atoms with van der Waals surface area (Å²) < 4.78 is 0. The van der Waals surface area contributed by atoms with Gasteiger partial charge in [0.2, 0.25) is 0 Å². The van der Waals surface area contributed by atoms with Crippen molar-refractivity contribution >= 4 is 29.0 Å². The van der Waals surface area contributed by atoms with Crippen molar-refractivity contribution in [3.05, 3.63) is 69.7 Å². The summed E-state index contributed by atoms with van der Waals surface area (Å²) in [6.45, 7) is 0. The molecule has 0 aromatic heterocycles. The van der Waals surface area contributed by atoms with Crippen LogP contribution in [0.25, 0.3) is 0 Å². The summed E-state index contributed by atoms with van der Waals surface area (Å²) >= 11 is 11.6. The van der Waals surface area contributed by atoms with Crippen molar-refractivity contribution in [2.75, 3.05) is 0 Å². The van der Waals surface area contributed by atoms with E-state index >= 15 is 0 Å². The first-order valence-corrected chi connectivity index (χ1v) is 6.79. The summed E-state index contributed by atoms with van der Waals surface area (Å²) in [4.78, 5) is 12.1. The van der Waals surface area contributed by atoms with Crippen molar-refractivity contribution in [1.82, 2.24) is 0 Å². The van der Waals surface area contributed by atoms with E-state index < -0.39 is 5.92 Å². The summed E-state index contributed by atoms with van der Waals surface area (Å²) in [5, 5.41) is 10.4. The molecule has 0 saturated heterocycles. The second kappa shape index (κ2) is 6.56. The van der Waals surface area contributed by atoms with Crippen LogP contribution in [-0.4, -0.2) is 5.78 Å². The molecule has 0 spiro atoms. The highest BCUT2D eigenvalue weighted by atomic mass is 35.5. The molecule has 0 saturated carbocycles. The first-order valence-electron chi connectivity index (χ1n) is 6.04. The van der Waals surface area contributed by atoms with E-state index in [0.717, 1.165) is 5.56 Å². The van der Waals surface area contributed by atoms with Gasteiger partial charge in [0.1, 0.15) is 0 Å². The van der Waals surface area contributed by atoms with Crippen LogP contribution in [0.15, 0.2) is 48.5 Å². The molecule has 0 aliphatic heterocycles. The third-order valence-electron chi connectivity index (χ3n) is 2.98. The van der Waals surface area contributed by atoms with Crippen molar-refractivity contribution in [3.63, 3.8) is 0 Å². The minimum atomic E-state index is -0.476. The Morgan fingerprint density at radius 1 is 1.00 bits per heavy atom. The second-order valence-corrected chi connectivity index (χ2v) is 5.24. The number of Topliss-reactive ketones (excluding diaryl/α,β-unsaturated/α-hetero) is 1. The SMILES string of the molecule is N#CC(CC(=O)c1ccc(Cl)cc1)c1ccc(Cl)cc1. The molecule has 0 aliphatic carbocycles. The van der Waals surface area contributed by atoms with Crippen LogP contribution in [0.3, 0.4) is 0 Å². The fourth-order valence-electron chi connectivity index (χ4n) is 1.87. The molecule has 0 bridgehead atoms. The number of nitriles is 1. The zero-order valence-electron chi connectivity index (χ0n) is 10.5. The molecule has 2 rings (SSSR count). The van der Waals surface area contributed by atoms with E-state index in [0.29, 0.717) is 15.6 Å². The minimum absolute atomic E-state index is 0.0804. The zero-order chi connectivity index (χ0) is 14.5. The number of carbonyl (C=O) groups is 1. The largest absolute Gasteiger partial charge is 0.294 e. The maximum atomic E-state index is 12.1. The van der Waals surface area contributed by atoms with Gasteiger partial charge in [-0.15, -0.1) is 0 Å². The molecular formula is C16H11Cl2NO. The van der Waals surface area contributed by atoms with Gasteiger partial charge in [-0.3, -0.25) is 4.79 Å². The molecule has 0 aliphatic rings. The second-order valence-electron chi connectivity index (χ2n) is 4.37. The molecule has 0 radical (unpaired) electrons. The van der Waals surface area contributed by atoms with E-state index in [-0.39, 0.29) is 12.2 Å². The molecule has 0 N–H and O–H groups in total. The van der Waals surface area contributed by atoms with Crippen LogP contribution in [0.4, 0.5) is 0 Å². The predicted octanol–water partition coefficient (Wildman–Crippen LogP) is 4.87. The highest BCUT2D eigenvalue weighted by Crippen LogP contribution is 2.23. The number of ketones is 1. The fraction of sp³-hybridized carbons (Fsp3) is 0.125. The summed E-state index contributed by atoms with van der Waals surface area (Å²) in [6, 6.07) is 15.8. The predicted molar refractivity (Wildman–Crippen MR) is 80.2 cm³/mol. The van der Waals surface area contributed by atoms with E-state index in [1.807, 2.05) is 0 Å². The van der Waals surface area contributed by atoms with Gasteiger partial charge in [0.05, 0.1) is 12.0 Å². The average molecular weight is 304 g/mol. The molecule has 2 nitrogen and oxygen atoms in total. The molecule has 2 aromatic rings. The first kappa shape index (κ1) is 14.6. The molecular weight excluding hydrogens is 293 g/mol. The third-order valence-corrected chi connectivity index (χ3v) is 3.49. The van der Waals surface area contributed by atoms with E-state index in [4.69, 9.17) is 23.2 Å². The molecule has 2 aromatic carbocycles. The fourth-order valence-corrected chi connectivity index (χ4v) is 2.12. The highest BCUT2D eigenvalue weighted by molar-refractivity contribution is 6.30. The van der Waals surface area contributed by atoms with Gasteiger partial charge in [-0.25, -0.2) is 0 Å². The van der Waals surface area contributed by atoms with E-state index in [2.05, 4.69) is 6.07 Å². The normalized spacial score (nSPS) is 11.7. The Bertz CT molecular complexity index is 642. The average Bonchev–Trinajstić information content (AvgIpc) is 2.46. The Morgan fingerprint density at radius 3 is 2.00 bits per heavy atom. The van der Waals surface area contributed by atoms with Crippen molar-refractivity contribution in [3.8, 4) is 6.07 Å². The monoisotopic (exact) mass is 303 g/mol. The van der Waals surface area contributed by atoms with Crippen molar-refractivity contribution in [2.45, 2.75) is 12.3 Å². The number of nitrogens with zero attached hydrogens (tertiary/aromatic N) is 1. The van der Waals surface area contributed by atoms with E-state index in [1.54, 1.807) is 48.5 Å². The van der Waals surface area contributed by atoms with Crippen molar-refractivity contribution in [1.29, 1.82) is 5.26 Å². The van der Waals surface area contributed by atoms with Crippen LogP contribution in [0.5, 0.6) is 0 Å². The summed E-state index contributed by atoms with van der Waals surface area (Å²) in [6.07, 6.45) is 0.139. The maximum Gasteiger partial charge on any atom is 0.164 e. The Morgan fingerprint density at radius 2 is 1.50 bits per heavy atom. The van der Waals surface area contributed by atoms with Crippen LogP contribution in [0.2, 0.25) is 10.0 Å². The quantitative estimate of drug-likeness (QED) is 0.756. The standard InChI is InChI=1S/C16H11Cl2NO/c17-14-5-1-11(2-6-14)13(10-19)9-16(20)12-3-7-15(18)8-4-12/h1-8,13H,9H2. The highest BCUT2D eigenvalue weighted by Gasteiger charge is 2.16. The van der Waals surface area contributed by atoms with E-state index in [1.165, 1.54) is 0 Å². The molecule has 0 heterocycles. The summed E-state index contributed by atoms with van der Waals surface area (Å²) in [5.74, 6) is -0.557. The molecule has 100 valence electrons. The lowest BCUT2D eigenvalue weighted by Gasteiger charge is -2.09. The lowest BCUT2D eigenvalue weighted by Crippen LogP contribution is -2.06. The molecule has 0 amide bonds. The number of hydrogen-bond acceptors (Lipinski definition) is 2. The summed E-state index contributed by atoms with van der Waals surface area (Å²) in [7, 11) is 0. The van der Waals surface area contributed by atoms with Crippen molar-refractivity contribution in [2.24, 2.45) is 0 Å². The zero-order valence-corrected chi connectivity index (χ0v) is 12.0. The van der Waals surface area contributed by atoms with Gasteiger partial charge in [0, 0.05) is 22.0 Å². The number of hydrogen-bond donors (Lipinski definition) is 0. The third kappa shape index (κ3) is 3.60. The Kier molecular flexibility index (Phi) is 4.79.